The fourth-order valence-electron chi connectivity index (χ4n) is 4.30. The van der Waals surface area contributed by atoms with Gasteiger partial charge in [0.05, 0.1) is 18.4 Å². The quantitative estimate of drug-likeness (QED) is 0.747. The van der Waals surface area contributed by atoms with Gasteiger partial charge in [-0.1, -0.05) is 28.1 Å². The van der Waals surface area contributed by atoms with Crippen molar-refractivity contribution < 1.29 is 14.3 Å². The fourth-order valence-corrected chi connectivity index (χ4v) is 4.75. The van der Waals surface area contributed by atoms with Gasteiger partial charge >= 0.3 is 0 Å². The van der Waals surface area contributed by atoms with Gasteiger partial charge in [-0.15, -0.1) is 0 Å². The van der Waals surface area contributed by atoms with Crippen molar-refractivity contribution in [1.82, 2.24) is 5.32 Å². The van der Waals surface area contributed by atoms with E-state index < -0.39 is 0 Å². The van der Waals surface area contributed by atoms with Gasteiger partial charge in [-0.05, 0) is 36.3 Å². The number of rotatable bonds is 2. The highest BCUT2D eigenvalue weighted by molar-refractivity contribution is 9.10. The Bertz CT molecular complexity index is 1020. The molecule has 3 N–H and O–H groups in total. The fraction of sp³-hybridized carbons (Fsp3) is 0.286. The topological polar surface area (TPSA) is 76.8 Å². The molecule has 0 saturated carbocycles. The van der Waals surface area contributed by atoms with Crippen LogP contribution in [0, 0.1) is 0 Å². The maximum absolute atomic E-state index is 12.8. The second-order valence-corrected chi connectivity index (χ2v) is 8.16. The maximum Gasteiger partial charge on any atom is 0.255 e. The van der Waals surface area contributed by atoms with Gasteiger partial charge in [0.1, 0.15) is 12.8 Å². The molecule has 2 aromatic carbocycles. The first-order valence-corrected chi connectivity index (χ1v) is 10.0. The van der Waals surface area contributed by atoms with Crippen LogP contribution < -0.4 is 25.4 Å². The van der Waals surface area contributed by atoms with Crippen molar-refractivity contribution in [3.63, 3.8) is 0 Å². The standard InChI is InChI=1S/C21H20BrN3O3/c1-27-17-9-13(22)8-11-7-12(10-28-19(11)17)20-24-21(26)15-4-2-3-14-16(23)5-6-25(20)18(14)15/h2-4,7-9,16,20H,5-6,10,23H2,1H3,(H,24,26)/t16-,20-/m0/s1. The minimum absolute atomic E-state index is 0.0460. The molecule has 0 aromatic heterocycles. The van der Waals surface area contributed by atoms with Crippen LogP contribution in [0.25, 0.3) is 6.08 Å². The van der Waals surface area contributed by atoms with Crippen LogP contribution >= 0.6 is 15.9 Å². The minimum atomic E-state index is -0.258. The highest BCUT2D eigenvalue weighted by atomic mass is 79.9. The van der Waals surface area contributed by atoms with Crippen molar-refractivity contribution in [2.75, 3.05) is 25.2 Å². The molecule has 28 heavy (non-hydrogen) atoms. The average Bonchev–Trinajstić information content (AvgIpc) is 2.71. The zero-order valence-corrected chi connectivity index (χ0v) is 17.0. The zero-order chi connectivity index (χ0) is 19.4. The Kier molecular flexibility index (Phi) is 4.10. The lowest BCUT2D eigenvalue weighted by atomic mass is 9.90. The Morgan fingerprint density at radius 3 is 3.04 bits per heavy atom. The van der Waals surface area contributed by atoms with Gasteiger partial charge in [0.15, 0.2) is 11.5 Å². The number of nitrogens with one attached hydrogen (secondary N) is 1. The molecule has 1 amide bonds. The van der Waals surface area contributed by atoms with Crippen LogP contribution in [0.3, 0.4) is 0 Å². The molecule has 7 heteroatoms. The number of nitrogens with zero attached hydrogens (tertiary/aromatic N) is 1. The number of amides is 1. The number of fused-ring (bicyclic) bond motifs is 1. The number of hydrogen-bond donors (Lipinski definition) is 2. The van der Waals surface area contributed by atoms with Crippen LogP contribution in [0.5, 0.6) is 11.5 Å². The molecular weight excluding hydrogens is 422 g/mol. The molecular formula is C21H20BrN3O3. The van der Waals surface area contributed by atoms with Crippen molar-refractivity contribution in [2.24, 2.45) is 5.73 Å². The van der Waals surface area contributed by atoms with E-state index in [-0.39, 0.29) is 18.1 Å². The molecule has 3 aliphatic rings. The Balaban J connectivity index is 1.60. The third-order valence-corrected chi connectivity index (χ3v) is 6.06. The van der Waals surface area contributed by atoms with Gasteiger partial charge in [-0.3, -0.25) is 4.79 Å². The van der Waals surface area contributed by atoms with E-state index in [2.05, 4.69) is 32.2 Å². The SMILES string of the molecule is COc1cc(Br)cc2c1OCC([C@H]1NC(=O)c3cccc4c3N1CC[C@@H]4N)=C2. The number of carbonyl (C=O) groups is 1. The second kappa shape index (κ2) is 6.53. The van der Waals surface area contributed by atoms with Gasteiger partial charge in [0.25, 0.3) is 5.91 Å². The summed E-state index contributed by atoms with van der Waals surface area (Å²) in [6, 6.07) is 9.62. The van der Waals surface area contributed by atoms with E-state index in [1.807, 2.05) is 30.3 Å². The van der Waals surface area contributed by atoms with Crippen LogP contribution in [-0.2, 0) is 0 Å². The Labute approximate surface area is 171 Å². The molecule has 0 spiro atoms. The highest BCUT2D eigenvalue weighted by Crippen LogP contribution is 2.42. The molecule has 144 valence electrons. The predicted octanol–water partition coefficient (Wildman–Crippen LogP) is 3.21. The second-order valence-electron chi connectivity index (χ2n) is 7.24. The van der Waals surface area contributed by atoms with Crippen molar-refractivity contribution in [3.05, 3.63) is 57.1 Å². The lowest BCUT2D eigenvalue weighted by molar-refractivity contribution is 0.0930. The number of carbonyl (C=O) groups excluding carboxylic acids is 1. The summed E-state index contributed by atoms with van der Waals surface area (Å²) >= 11 is 3.52. The molecule has 6 nitrogen and oxygen atoms in total. The van der Waals surface area contributed by atoms with Crippen molar-refractivity contribution in [3.8, 4) is 11.5 Å². The van der Waals surface area contributed by atoms with E-state index in [4.69, 9.17) is 15.2 Å². The lowest BCUT2D eigenvalue weighted by Gasteiger charge is -2.45. The van der Waals surface area contributed by atoms with Gasteiger partial charge in [-0.25, -0.2) is 0 Å². The summed E-state index contributed by atoms with van der Waals surface area (Å²) in [7, 11) is 1.63. The number of benzene rings is 2. The normalized spacial score (nSPS) is 22.5. The number of halogens is 1. The average molecular weight is 442 g/mol. The summed E-state index contributed by atoms with van der Waals surface area (Å²) in [5, 5.41) is 3.15. The molecule has 5 rings (SSSR count). The van der Waals surface area contributed by atoms with Crippen LogP contribution in [0.15, 0.2) is 40.4 Å². The van der Waals surface area contributed by atoms with Crippen LogP contribution in [0.1, 0.15) is 33.9 Å². The first kappa shape index (κ1) is 17.6. The molecule has 3 aliphatic heterocycles. The van der Waals surface area contributed by atoms with E-state index in [0.717, 1.165) is 45.6 Å². The number of anilines is 1. The Morgan fingerprint density at radius 2 is 2.21 bits per heavy atom. The number of hydrogen-bond acceptors (Lipinski definition) is 5. The monoisotopic (exact) mass is 441 g/mol. The third kappa shape index (κ3) is 2.61. The largest absolute Gasteiger partial charge is 0.493 e. The molecule has 0 saturated heterocycles. The molecule has 2 aromatic rings. The molecule has 0 bridgehead atoms. The third-order valence-electron chi connectivity index (χ3n) is 5.60. The lowest BCUT2D eigenvalue weighted by Crippen LogP contribution is -2.57. The molecule has 0 unspecified atom stereocenters. The van der Waals surface area contributed by atoms with E-state index in [0.29, 0.717) is 17.9 Å². The van der Waals surface area contributed by atoms with E-state index in [1.54, 1.807) is 7.11 Å². The number of para-hydroxylation sites is 1. The Hall–Kier alpha value is -2.51. The van der Waals surface area contributed by atoms with Crippen molar-refractivity contribution >= 4 is 33.6 Å². The first-order chi connectivity index (χ1) is 13.6. The number of methoxy groups -OCH3 is 1. The minimum Gasteiger partial charge on any atom is -0.493 e. The maximum atomic E-state index is 12.8. The van der Waals surface area contributed by atoms with E-state index >= 15 is 0 Å². The summed E-state index contributed by atoms with van der Waals surface area (Å²) in [6.45, 7) is 1.16. The Morgan fingerprint density at radius 1 is 1.36 bits per heavy atom. The van der Waals surface area contributed by atoms with E-state index in [1.165, 1.54) is 0 Å². The van der Waals surface area contributed by atoms with Crippen LogP contribution in [0.2, 0.25) is 0 Å². The van der Waals surface area contributed by atoms with Gasteiger partial charge in [0.2, 0.25) is 0 Å². The van der Waals surface area contributed by atoms with Gasteiger partial charge < -0.3 is 25.4 Å². The van der Waals surface area contributed by atoms with Crippen LogP contribution in [0.4, 0.5) is 5.69 Å². The van der Waals surface area contributed by atoms with Crippen molar-refractivity contribution in [2.45, 2.75) is 18.6 Å². The summed E-state index contributed by atoms with van der Waals surface area (Å²) in [5.74, 6) is 1.33. The first-order valence-electron chi connectivity index (χ1n) is 9.23. The summed E-state index contributed by atoms with van der Waals surface area (Å²) in [6.07, 6.45) is 2.67. The molecule has 0 radical (unpaired) electrons. The van der Waals surface area contributed by atoms with Crippen molar-refractivity contribution in [1.29, 1.82) is 0 Å². The molecule has 2 atom stereocenters. The summed E-state index contributed by atoms with van der Waals surface area (Å²) in [4.78, 5) is 15.0. The predicted molar refractivity (Wildman–Crippen MR) is 111 cm³/mol. The highest BCUT2D eigenvalue weighted by Gasteiger charge is 2.38. The molecule has 0 aliphatic carbocycles. The molecule has 3 heterocycles. The molecule has 0 fully saturated rings. The van der Waals surface area contributed by atoms with Crippen LogP contribution in [-0.4, -0.2) is 32.3 Å². The van der Waals surface area contributed by atoms with Gasteiger partial charge in [0, 0.05) is 28.2 Å². The van der Waals surface area contributed by atoms with Gasteiger partial charge in [-0.2, -0.15) is 0 Å². The summed E-state index contributed by atoms with van der Waals surface area (Å²) < 4.78 is 12.4. The smallest absolute Gasteiger partial charge is 0.255 e. The summed E-state index contributed by atoms with van der Waals surface area (Å²) in [5.41, 5.74) is 10.9. The number of nitrogens with two attached hydrogens (primary N) is 1. The number of ether oxygens (including phenoxy) is 2. The van der Waals surface area contributed by atoms with E-state index in [9.17, 15) is 4.79 Å². The zero-order valence-electron chi connectivity index (χ0n) is 15.4.